The molecule has 2 amide bonds. The van der Waals surface area contributed by atoms with Crippen LogP contribution >= 0.6 is 22.9 Å². The van der Waals surface area contributed by atoms with E-state index in [1.165, 1.54) is 29.7 Å². The van der Waals surface area contributed by atoms with E-state index in [-0.39, 0.29) is 23.8 Å². The van der Waals surface area contributed by atoms with E-state index in [1.807, 2.05) is 0 Å². The molecule has 0 spiro atoms. The van der Waals surface area contributed by atoms with Gasteiger partial charge >= 0.3 is 17.8 Å². The molecular weight excluding hydrogens is 573 g/mol. The largest absolute Gasteiger partial charge is 0.490 e. The first kappa shape index (κ1) is 30.0. The van der Waals surface area contributed by atoms with Gasteiger partial charge in [0.2, 0.25) is 0 Å². The van der Waals surface area contributed by atoms with Gasteiger partial charge in [-0.15, -0.1) is 11.3 Å². The van der Waals surface area contributed by atoms with E-state index in [1.54, 1.807) is 38.1 Å². The fourth-order valence-electron chi connectivity index (χ4n) is 4.26. The molecule has 0 fully saturated rings. The highest BCUT2D eigenvalue weighted by atomic mass is 35.5. The van der Waals surface area contributed by atoms with Crippen molar-refractivity contribution in [1.29, 1.82) is 0 Å². The molecule has 0 aliphatic heterocycles. The minimum absolute atomic E-state index is 0.102. The smallest absolute Gasteiger partial charge is 0.341 e. The maximum atomic E-state index is 14.1. The van der Waals surface area contributed by atoms with Crippen LogP contribution in [0, 0.1) is 5.82 Å². The van der Waals surface area contributed by atoms with Crippen molar-refractivity contribution in [2.45, 2.75) is 46.1 Å². The molecule has 1 aromatic heterocycles. The lowest BCUT2D eigenvalue weighted by molar-refractivity contribution is -0.136. The quantitative estimate of drug-likeness (QED) is 0.134. The summed E-state index contributed by atoms with van der Waals surface area (Å²) in [6.45, 7) is 3.95. The maximum absolute atomic E-state index is 14.1. The minimum atomic E-state index is -1.01. The van der Waals surface area contributed by atoms with E-state index in [0.29, 0.717) is 34.2 Å². The standard InChI is InChI=1S/C29H29ClFN3O6S/c1-3-38-23-14-17(12-13-22(23)40-16-19-20(30)9-7-10-21(19)31)15-32-34-27(36)26(35)33-28-25(29(37)39-4-2)18-8-5-6-11-24(18)41-28/h7,9-10,12-15H,3-6,8,11,16H2,1-2H3,(H,33,35)(H,34,36)/b32-15+. The Hall–Kier alpha value is -3.96. The molecule has 4 rings (SSSR count). The van der Waals surface area contributed by atoms with Crippen LogP contribution in [0.3, 0.4) is 0 Å². The summed E-state index contributed by atoms with van der Waals surface area (Å²) in [7, 11) is 0. The summed E-state index contributed by atoms with van der Waals surface area (Å²) in [5.41, 5.74) is 4.15. The van der Waals surface area contributed by atoms with Crippen molar-refractivity contribution >= 4 is 51.9 Å². The molecule has 41 heavy (non-hydrogen) atoms. The van der Waals surface area contributed by atoms with Crippen molar-refractivity contribution in [1.82, 2.24) is 5.43 Å². The highest BCUT2D eigenvalue weighted by Crippen LogP contribution is 2.38. The number of benzene rings is 2. The first-order chi connectivity index (χ1) is 19.8. The third-order valence-corrected chi connectivity index (χ3v) is 7.73. The van der Waals surface area contributed by atoms with Crippen molar-refractivity contribution in [2.24, 2.45) is 5.10 Å². The Labute approximate surface area is 245 Å². The third kappa shape index (κ3) is 7.42. The molecule has 0 atom stereocenters. The summed E-state index contributed by atoms with van der Waals surface area (Å²) >= 11 is 7.37. The van der Waals surface area contributed by atoms with E-state index < -0.39 is 23.6 Å². The highest BCUT2D eigenvalue weighted by molar-refractivity contribution is 7.17. The number of thiophene rings is 1. The van der Waals surface area contributed by atoms with Crippen molar-refractivity contribution in [3.63, 3.8) is 0 Å². The van der Waals surface area contributed by atoms with E-state index >= 15 is 0 Å². The number of aryl methyl sites for hydroxylation is 1. The van der Waals surface area contributed by atoms with Gasteiger partial charge in [-0.1, -0.05) is 17.7 Å². The number of hydrogen-bond acceptors (Lipinski definition) is 8. The average molecular weight is 602 g/mol. The van der Waals surface area contributed by atoms with Gasteiger partial charge < -0.3 is 19.5 Å². The van der Waals surface area contributed by atoms with Crippen LogP contribution in [0.2, 0.25) is 5.02 Å². The average Bonchev–Trinajstić information content (AvgIpc) is 3.31. The second kappa shape index (κ2) is 14.1. The van der Waals surface area contributed by atoms with Gasteiger partial charge in [0.15, 0.2) is 11.5 Å². The van der Waals surface area contributed by atoms with Crippen molar-refractivity contribution in [3.05, 3.63) is 74.4 Å². The number of nitrogens with one attached hydrogen (secondary N) is 2. The fourth-order valence-corrected chi connectivity index (χ4v) is 5.75. The number of hydrogen-bond donors (Lipinski definition) is 2. The summed E-state index contributed by atoms with van der Waals surface area (Å²) in [5.74, 6) is -2.22. The van der Waals surface area contributed by atoms with Crippen LogP contribution in [0.15, 0.2) is 41.5 Å². The summed E-state index contributed by atoms with van der Waals surface area (Å²) < 4.78 is 30.7. The van der Waals surface area contributed by atoms with Crippen molar-refractivity contribution in [3.8, 4) is 11.5 Å². The van der Waals surface area contributed by atoms with Gasteiger partial charge in [0.05, 0.1) is 30.0 Å². The van der Waals surface area contributed by atoms with Crippen LogP contribution in [0.4, 0.5) is 9.39 Å². The predicted octanol–water partition coefficient (Wildman–Crippen LogP) is 5.66. The number of amides is 2. The van der Waals surface area contributed by atoms with Gasteiger partial charge in [-0.05, 0) is 81.0 Å². The molecule has 0 unspecified atom stereocenters. The van der Waals surface area contributed by atoms with Gasteiger partial charge in [0, 0.05) is 10.4 Å². The van der Waals surface area contributed by atoms with E-state index in [2.05, 4.69) is 15.8 Å². The summed E-state index contributed by atoms with van der Waals surface area (Å²) in [6, 6.07) is 9.28. The molecule has 216 valence electrons. The van der Waals surface area contributed by atoms with Crippen LogP contribution in [-0.4, -0.2) is 37.2 Å². The molecule has 2 aromatic carbocycles. The van der Waals surface area contributed by atoms with Gasteiger partial charge in [-0.3, -0.25) is 9.59 Å². The molecule has 0 saturated carbocycles. The molecule has 9 nitrogen and oxygen atoms in total. The number of anilines is 1. The second-order valence-electron chi connectivity index (χ2n) is 8.92. The van der Waals surface area contributed by atoms with Crippen LogP contribution in [0.25, 0.3) is 0 Å². The van der Waals surface area contributed by atoms with Gasteiger partial charge in [0.25, 0.3) is 0 Å². The van der Waals surface area contributed by atoms with Gasteiger partial charge in [-0.2, -0.15) is 5.10 Å². The molecule has 3 aromatic rings. The van der Waals surface area contributed by atoms with E-state index in [0.717, 1.165) is 36.1 Å². The molecule has 0 bridgehead atoms. The van der Waals surface area contributed by atoms with Crippen LogP contribution < -0.4 is 20.2 Å². The zero-order chi connectivity index (χ0) is 29.4. The highest BCUT2D eigenvalue weighted by Gasteiger charge is 2.28. The van der Waals surface area contributed by atoms with Crippen LogP contribution in [0.5, 0.6) is 11.5 Å². The lowest BCUT2D eigenvalue weighted by atomic mass is 9.95. The van der Waals surface area contributed by atoms with Crippen molar-refractivity contribution in [2.75, 3.05) is 18.5 Å². The Kier molecular flexibility index (Phi) is 10.3. The number of rotatable bonds is 10. The molecule has 12 heteroatoms. The maximum Gasteiger partial charge on any atom is 0.341 e. The number of ether oxygens (including phenoxy) is 3. The molecule has 0 radical (unpaired) electrons. The predicted molar refractivity (Wildman–Crippen MR) is 155 cm³/mol. The zero-order valence-electron chi connectivity index (χ0n) is 22.6. The SMILES string of the molecule is CCOC(=O)c1c(NC(=O)C(=O)N/N=C/c2ccc(OCc3c(F)cccc3Cl)c(OCC)c2)sc2c1CCCC2. The van der Waals surface area contributed by atoms with Gasteiger partial charge in [0.1, 0.15) is 17.4 Å². The Balaban J connectivity index is 1.40. The van der Waals surface area contributed by atoms with E-state index in [9.17, 15) is 18.8 Å². The number of carbonyl (C=O) groups excluding carboxylic acids is 3. The fraction of sp³-hybridized carbons (Fsp3) is 0.310. The zero-order valence-corrected chi connectivity index (χ0v) is 24.1. The summed E-state index contributed by atoms with van der Waals surface area (Å²) in [4.78, 5) is 38.7. The number of esters is 1. The minimum Gasteiger partial charge on any atom is -0.490 e. The number of hydrazone groups is 1. The van der Waals surface area contributed by atoms with Crippen LogP contribution in [-0.2, 0) is 33.8 Å². The molecular formula is C29H29ClFN3O6S. The van der Waals surface area contributed by atoms with E-state index in [4.69, 9.17) is 25.8 Å². The molecule has 0 saturated heterocycles. The Morgan fingerprint density at radius 3 is 2.61 bits per heavy atom. The monoisotopic (exact) mass is 601 g/mol. The summed E-state index contributed by atoms with van der Waals surface area (Å²) in [6.07, 6.45) is 4.80. The topological polar surface area (TPSA) is 115 Å². The first-order valence-electron chi connectivity index (χ1n) is 13.1. The lowest BCUT2D eigenvalue weighted by Gasteiger charge is -2.13. The van der Waals surface area contributed by atoms with Crippen LogP contribution in [0.1, 0.15) is 58.6 Å². The molecule has 2 N–H and O–H groups in total. The van der Waals surface area contributed by atoms with Crippen molar-refractivity contribution < 1.29 is 33.0 Å². The number of carbonyl (C=O) groups is 3. The second-order valence-corrected chi connectivity index (χ2v) is 10.4. The lowest BCUT2D eigenvalue weighted by Crippen LogP contribution is -2.32. The Morgan fingerprint density at radius 1 is 1.05 bits per heavy atom. The third-order valence-electron chi connectivity index (χ3n) is 6.17. The number of nitrogens with zero attached hydrogens (tertiary/aromatic N) is 1. The normalized spacial score (nSPS) is 12.5. The molecule has 1 aliphatic carbocycles. The first-order valence-corrected chi connectivity index (χ1v) is 14.3. The molecule has 1 heterocycles. The Morgan fingerprint density at radius 2 is 1.85 bits per heavy atom. The van der Waals surface area contributed by atoms with Gasteiger partial charge in [-0.25, -0.2) is 14.6 Å². The number of fused-ring (bicyclic) bond motifs is 1. The number of halogens is 2. The molecule has 1 aliphatic rings. The Bertz CT molecular complexity index is 1450. The summed E-state index contributed by atoms with van der Waals surface area (Å²) in [5, 5.41) is 6.96.